The first kappa shape index (κ1) is 13.5. The fraction of sp³-hybridized carbons (Fsp3) is 0.200. The van der Waals surface area contributed by atoms with E-state index in [1.807, 2.05) is 12.1 Å². The maximum Gasteiger partial charge on any atom is 0.0462 e. The van der Waals surface area contributed by atoms with Crippen molar-refractivity contribution in [1.29, 1.82) is 0 Å². The van der Waals surface area contributed by atoms with Gasteiger partial charge in [0, 0.05) is 21.4 Å². The smallest absolute Gasteiger partial charge is 0.0462 e. The maximum atomic E-state index is 6.16. The zero-order chi connectivity index (χ0) is 13.1. The second-order valence-electron chi connectivity index (χ2n) is 4.31. The van der Waals surface area contributed by atoms with Gasteiger partial charge in [0.05, 0.1) is 0 Å². The van der Waals surface area contributed by atoms with Crippen LogP contribution in [0.5, 0.6) is 0 Å². The van der Waals surface area contributed by atoms with Crippen LogP contribution >= 0.6 is 23.4 Å². The molecule has 0 radical (unpaired) electrons. The fourth-order valence-corrected chi connectivity index (χ4v) is 2.95. The van der Waals surface area contributed by atoms with Gasteiger partial charge in [-0.1, -0.05) is 35.5 Å². The Hall–Kier alpha value is -0.960. The van der Waals surface area contributed by atoms with Crippen molar-refractivity contribution in [3.8, 4) is 0 Å². The molecule has 0 unspecified atom stereocenters. The Morgan fingerprint density at radius 3 is 2.28 bits per heavy atom. The van der Waals surface area contributed by atoms with E-state index in [2.05, 4.69) is 38.1 Å². The van der Waals surface area contributed by atoms with Crippen LogP contribution in [0.4, 0.5) is 0 Å². The summed E-state index contributed by atoms with van der Waals surface area (Å²) in [5, 5.41) is 0.742. The highest BCUT2D eigenvalue weighted by Crippen LogP contribution is 2.31. The molecule has 0 saturated heterocycles. The topological polar surface area (TPSA) is 26.0 Å². The summed E-state index contributed by atoms with van der Waals surface area (Å²) in [6.07, 6.45) is 0. The number of nitrogens with two attached hydrogens (primary N) is 1. The van der Waals surface area contributed by atoms with Gasteiger partial charge >= 0.3 is 0 Å². The van der Waals surface area contributed by atoms with E-state index in [-0.39, 0.29) is 0 Å². The van der Waals surface area contributed by atoms with Crippen molar-refractivity contribution in [1.82, 2.24) is 0 Å². The summed E-state index contributed by atoms with van der Waals surface area (Å²) >= 11 is 7.88. The average Bonchev–Trinajstić information content (AvgIpc) is 2.34. The first-order chi connectivity index (χ1) is 8.60. The summed E-state index contributed by atoms with van der Waals surface area (Å²) in [6, 6.07) is 12.5. The Kier molecular flexibility index (Phi) is 4.33. The number of hydrogen-bond donors (Lipinski definition) is 1. The molecule has 2 rings (SSSR count). The Morgan fingerprint density at radius 2 is 1.67 bits per heavy atom. The number of hydrogen-bond acceptors (Lipinski definition) is 2. The first-order valence-electron chi connectivity index (χ1n) is 5.84. The molecule has 2 N–H and O–H groups in total. The van der Waals surface area contributed by atoms with E-state index in [1.165, 1.54) is 16.0 Å². The number of benzene rings is 2. The van der Waals surface area contributed by atoms with Crippen molar-refractivity contribution < 1.29 is 0 Å². The minimum atomic E-state index is 0.480. The summed E-state index contributed by atoms with van der Waals surface area (Å²) in [6.45, 7) is 4.73. The Morgan fingerprint density at radius 1 is 1.00 bits per heavy atom. The first-order valence-corrected chi connectivity index (χ1v) is 7.03. The second-order valence-corrected chi connectivity index (χ2v) is 5.86. The molecule has 3 heteroatoms. The third kappa shape index (κ3) is 3.08. The molecule has 2 aromatic carbocycles. The molecule has 0 amide bonds. The van der Waals surface area contributed by atoms with Crippen LogP contribution in [0.1, 0.15) is 16.7 Å². The standard InChI is InChI=1S/C15H16ClNS/c1-10-3-5-13(7-11(10)2)18-14-6-4-12(9-17)15(16)8-14/h3-8H,9,17H2,1-2H3. The lowest BCUT2D eigenvalue weighted by Crippen LogP contribution is -1.96. The summed E-state index contributed by atoms with van der Waals surface area (Å²) in [5.74, 6) is 0. The van der Waals surface area contributed by atoms with Gasteiger partial charge in [0.15, 0.2) is 0 Å². The Labute approximate surface area is 117 Å². The highest BCUT2D eigenvalue weighted by atomic mass is 35.5. The molecule has 0 aromatic heterocycles. The monoisotopic (exact) mass is 277 g/mol. The molecule has 2 aromatic rings. The number of aryl methyl sites for hydroxylation is 2. The molecule has 0 heterocycles. The van der Waals surface area contributed by atoms with E-state index in [0.29, 0.717) is 6.54 Å². The van der Waals surface area contributed by atoms with Gasteiger partial charge in [-0.15, -0.1) is 0 Å². The molecular weight excluding hydrogens is 262 g/mol. The van der Waals surface area contributed by atoms with Crippen LogP contribution < -0.4 is 5.73 Å². The average molecular weight is 278 g/mol. The van der Waals surface area contributed by atoms with E-state index in [9.17, 15) is 0 Å². The van der Waals surface area contributed by atoms with E-state index < -0.39 is 0 Å². The van der Waals surface area contributed by atoms with Gasteiger partial charge in [-0.2, -0.15) is 0 Å². The molecule has 0 bridgehead atoms. The summed E-state index contributed by atoms with van der Waals surface area (Å²) in [4.78, 5) is 2.37. The lowest BCUT2D eigenvalue weighted by atomic mass is 10.1. The predicted molar refractivity (Wildman–Crippen MR) is 79.4 cm³/mol. The molecule has 94 valence electrons. The molecule has 0 atom stereocenters. The van der Waals surface area contributed by atoms with Gasteiger partial charge in [0.2, 0.25) is 0 Å². The minimum absolute atomic E-state index is 0.480. The second kappa shape index (κ2) is 5.79. The van der Waals surface area contributed by atoms with Gasteiger partial charge in [0.1, 0.15) is 0 Å². The van der Waals surface area contributed by atoms with Gasteiger partial charge in [-0.25, -0.2) is 0 Å². The van der Waals surface area contributed by atoms with Gasteiger partial charge in [0.25, 0.3) is 0 Å². The van der Waals surface area contributed by atoms with E-state index in [0.717, 1.165) is 15.5 Å². The minimum Gasteiger partial charge on any atom is -0.326 e. The van der Waals surface area contributed by atoms with Crippen molar-refractivity contribution >= 4 is 23.4 Å². The molecule has 0 spiro atoms. The van der Waals surface area contributed by atoms with Crippen molar-refractivity contribution in [2.24, 2.45) is 5.73 Å². The van der Waals surface area contributed by atoms with Gasteiger partial charge in [-0.05, 0) is 54.8 Å². The number of halogens is 1. The highest BCUT2D eigenvalue weighted by molar-refractivity contribution is 7.99. The molecule has 0 fully saturated rings. The summed E-state index contributed by atoms with van der Waals surface area (Å²) < 4.78 is 0. The lowest BCUT2D eigenvalue weighted by molar-refractivity contribution is 1.07. The zero-order valence-electron chi connectivity index (χ0n) is 10.5. The lowest BCUT2D eigenvalue weighted by Gasteiger charge is -2.07. The normalized spacial score (nSPS) is 10.7. The maximum absolute atomic E-state index is 6.16. The van der Waals surface area contributed by atoms with Crippen LogP contribution in [-0.2, 0) is 6.54 Å². The quantitative estimate of drug-likeness (QED) is 0.890. The van der Waals surface area contributed by atoms with Crippen molar-refractivity contribution in [2.45, 2.75) is 30.2 Å². The predicted octanol–water partition coefficient (Wildman–Crippen LogP) is 4.57. The van der Waals surface area contributed by atoms with Crippen LogP contribution in [0.15, 0.2) is 46.2 Å². The van der Waals surface area contributed by atoms with Gasteiger partial charge < -0.3 is 5.73 Å². The van der Waals surface area contributed by atoms with E-state index in [4.69, 9.17) is 17.3 Å². The van der Waals surface area contributed by atoms with Crippen LogP contribution in [0.2, 0.25) is 5.02 Å². The van der Waals surface area contributed by atoms with Crippen molar-refractivity contribution in [3.63, 3.8) is 0 Å². The van der Waals surface area contributed by atoms with Crippen LogP contribution in [0.3, 0.4) is 0 Å². The molecule has 0 saturated carbocycles. The third-order valence-corrected chi connectivity index (χ3v) is 4.29. The van der Waals surface area contributed by atoms with Crippen molar-refractivity contribution in [3.05, 3.63) is 58.1 Å². The Balaban J connectivity index is 2.23. The van der Waals surface area contributed by atoms with E-state index >= 15 is 0 Å². The fourth-order valence-electron chi connectivity index (χ4n) is 1.67. The van der Waals surface area contributed by atoms with Crippen LogP contribution in [0.25, 0.3) is 0 Å². The molecule has 0 aliphatic carbocycles. The zero-order valence-corrected chi connectivity index (χ0v) is 12.1. The Bertz CT molecular complexity index is 566. The van der Waals surface area contributed by atoms with Crippen LogP contribution in [-0.4, -0.2) is 0 Å². The highest BCUT2D eigenvalue weighted by Gasteiger charge is 2.03. The van der Waals surface area contributed by atoms with E-state index in [1.54, 1.807) is 11.8 Å². The number of rotatable bonds is 3. The molecule has 0 aliphatic heterocycles. The third-order valence-electron chi connectivity index (χ3n) is 2.96. The summed E-state index contributed by atoms with van der Waals surface area (Å²) in [5.41, 5.74) is 9.21. The molecular formula is C15H16ClNS. The molecule has 1 nitrogen and oxygen atoms in total. The van der Waals surface area contributed by atoms with Crippen molar-refractivity contribution in [2.75, 3.05) is 0 Å². The van der Waals surface area contributed by atoms with Crippen LogP contribution in [0, 0.1) is 13.8 Å². The molecule has 18 heavy (non-hydrogen) atoms. The SMILES string of the molecule is Cc1ccc(Sc2ccc(CN)c(Cl)c2)cc1C. The largest absolute Gasteiger partial charge is 0.326 e. The summed E-state index contributed by atoms with van der Waals surface area (Å²) in [7, 11) is 0. The van der Waals surface area contributed by atoms with Gasteiger partial charge in [-0.3, -0.25) is 0 Å². The molecule has 0 aliphatic rings.